The van der Waals surface area contributed by atoms with E-state index in [1.54, 1.807) is 13.8 Å². The molecule has 1 atom stereocenters. The van der Waals surface area contributed by atoms with Gasteiger partial charge in [0.25, 0.3) is 0 Å². The molecule has 1 unspecified atom stereocenters. The lowest BCUT2D eigenvalue weighted by Gasteiger charge is -2.29. The quantitative estimate of drug-likeness (QED) is 0.666. The average molecular weight is 256 g/mol. The van der Waals surface area contributed by atoms with Crippen molar-refractivity contribution in [3.63, 3.8) is 0 Å². The van der Waals surface area contributed by atoms with Crippen LogP contribution in [-0.2, 0) is 9.59 Å². The summed E-state index contributed by atoms with van der Waals surface area (Å²) in [6.45, 7) is 6.30. The third kappa shape index (κ3) is 3.22. The van der Waals surface area contributed by atoms with Gasteiger partial charge in [-0.05, 0) is 39.7 Å². The summed E-state index contributed by atoms with van der Waals surface area (Å²) in [5.74, 6) is -0.956. The normalized spacial score (nSPS) is 23.9. The molecular weight excluding hydrogens is 232 g/mol. The highest BCUT2D eigenvalue weighted by molar-refractivity contribution is 5.87. The van der Waals surface area contributed by atoms with Gasteiger partial charge in [-0.3, -0.25) is 9.59 Å². The van der Waals surface area contributed by atoms with E-state index >= 15 is 0 Å². The molecule has 18 heavy (non-hydrogen) atoms. The number of nitrogens with one attached hydrogen (secondary N) is 2. The Bertz CT molecular complexity index is 320. The van der Waals surface area contributed by atoms with Gasteiger partial charge >= 0.3 is 5.97 Å². The van der Waals surface area contributed by atoms with E-state index in [-0.39, 0.29) is 12.5 Å². The highest BCUT2D eigenvalue weighted by Crippen LogP contribution is 2.25. The van der Waals surface area contributed by atoms with Crippen molar-refractivity contribution in [3.8, 4) is 0 Å². The first kappa shape index (κ1) is 15.0. The summed E-state index contributed by atoms with van der Waals surface area (Å²) in [6, 6.07) is 0. The van der Waals surface area contributed by atoms with E-state index in [2.05, 4.69) is 17.6 Å². The van der Waals surface area contributed by atoms with Crippen molar-refractivity contribution in [2.75, 3.05) is 13.1 Å². The molecule has 1 aliphatic heterocycles. The van der Waals surface area contributed by atoms with Gasteiger partial charge in [-0.1, -0.05) is 13.3 Å². The standard InChI is InChI=1S/C13H24N2O3/c1-4-6-13(7-5-8-15-13)10(16)14-9-12(2,3)11(17)18/h15H,4-9H2,1-3H3,(H,14,16)(H,17,18). The molecule has 1 heterocycles. The lowest BCUT2D eigenvalue weighted by atomic mass is 9.89. The van der Waals surface area contributed by atoms with E-state index < -0.39 is 16.9 Å². The van der Waals surface area contributed by atoms with Crippen LogP contribution in [-0.4, -0.2) is 35.6 Å². The molecule has 0 aliphatic carbocycles. The van der Waals surface area contributed by atoms with Crippen molar-refractivity contribution in [2.24, 2.45) is 5.41 Å². The van der Waals surface area contributed by atoms with E-state index in [4.69, 9.17) is 5.11 Å². The first-order valence-corrected chi connectivity index (χ1v) is 6.61. The van der Waals surface area contributed by atoms with Crippen LogP contribution in [0.4, 0.5) is 0 Å². The second-order valence-corrected chi connectivity index (χ2v) is 5.73. The predicted molar refractivity (Wildman–Crippen MR) is 69.3 cm³/mol. The zero-order valence-electron chi connectivity index (χ0n) is 11.5. The second kappa shape index (κ2) is 5.69. The molecule has 5 nitrogen and oxygen atoms in total. The lowest BCUT2D eigenvalue weighted by molar-refractivity contribution is -0.147. The monoisotopic (exact) mass is 256 g/mol. The fraction of sp³-hybridized carbons (Fsp3) is 0.846. The summed E-state index contributed by atoms with van der Waals surface area (Å²) in [6.07, 6.45) is 3.56. The number of aliphatic carboxylic acids is 1. The number of rotatable bonds is 6. The fourth-order valence-electron chi connectivity index (χ4n) is 2.30. The zero-order chi connectivity index (χ0) is 13.8. The first-order chi connectivity index (χ1) is 8.34. The highest BCUT2D eigenvalue weighted by atomic mass is 16.4. The van der Waals surface area contributed by atoms with Crippen molar-refractivity contribution in [1.29, 1.82) is 0 Å². The average Bonchev–Trinajstić information content (AvgIpc) is 2.76. The number of carboxylic acids is 1. The van der Waals surface area contributed by atoms with Gasteiger partial charge in [-0.25, -0.2) is 0 Å². The molecule has 1 aliphatic rings. The van der Waals surface area contributed by atoms with Gasteiger partial charge in [0.15, 0.2) is 0 Å². The van der Waals surface area contributed by atoms with E-state index in [0.717, 1.165) is 32.2 Å². The molecule has 1 amide bonds. The Hall–Kier alpha value is -1.10. The third-order valence-corrected chi connectivity index (χ3v) is 3.62. The van der Waals surface area contributed by atoms with Crippen molar-refractivity contribution < 1.29 is 14.7 Å². The van der Waals surface area contributed by atoms with Gasteiger partial charge in [0.2, 0.25) is 5.91 Å². The van der Waals surface area contributed by atoms with Gasteiger partial charge in [0.1, 0.15) is 0 Å². The topological polar surface area (TPSA) is 78.4 Å². The molecule has 5 heteroatoms. The van der Waals surface area contributed by atoms with Crippen molar-refractivity contribution in [1.82, 2.24) is 10.6 Å². The van der Waals surface area contributed by atoms with Gasteiger partial charge in [0.05, 0.1) is 11.0 Å². The van der Waals surface area contributed by atoms with E-state index in [9.17, 15) is 9.59 Å². The molecule has 104 valence electrons. The number of amides is 1. The van der Waals surface area contributed by atoms with Crippen molar-refractivity contribution >= 4 is 11.9 Å². The van der Waals surface area contributed by atoms with Crippen molar-refractivity contribution in [2.45, 2.75) is 52.0 Å². The fourth-order valence-corrected chi connectivity index (χ4v) is 2.30. The van der Waals surface area contributed by atoms with Crippen molar-refractivity contribution in [3.05, 3.63) is 0 Å². The number of carbonyl (C=O) groups is 2. The van der Waals surface area contributed by atoms with Gasteiger partial charge in [-0.15, -0.1) is 0 Å². The molecule has 1 saturated heterocycles. The lowest BCUT2D eigenvalue weighted by Crippen LogP contribution is -2.55. The molecule has 0 aromatic carbocycles. The summed E-state index contributed by atoms with van der Waals surface area (Å²) in [7, 11) is 0. The minimum Gasteiger partial charge on any atom is -0.481 e. The van der Waals surface area contributed by atoms with Crippen LogP contribution in [0.1, 0.15) is 46.5 Å². The molecule has 0 bridgehead atoms. The van der Waals surface area contributed by atoms with E-state index in [1.165, 1.54) is 0 Å². The summed E-state index contributed by atoms with van der Waals surface area (Å²) in [5.41, 5.74) is -1.41. The Balaban J connectivity index is 2.61. The largest absolute Gasteiger partial charge is 0.481 e. The molecule has 0 spiro atoms. The molecule has 0 aromatic rings. The molecule has 3 N–H and O–H groups in total. The second-order valence-electron chi connectivity index (χ2n) is 5.73. The summed E-state index contributed by atoms with van der Waals surface area (Å²) >= 11 is 0. The van der Waals surface area contributed by atoms with Crippen LogP contribution in [0.15, 0.2) is 0 Å². The maximum absolute atomic E-state index is 12.3. The minimum absolute atomic E-state index is 0.0591. The zero-order valence-corrected chi connectivity index (χ0v) is 11.5. The van der Waals surface area contributed by atoms with Crippen LogP contribution in [0, 0.1) is 5.41 Å². The van der Waals surface area contributed by atoms with Crippen LogP contribution in [0.5, 0.6) is 0 Å². The van der Waals surface area contributed by atoms with Gasteiger partial charge < -0.3 is 15.7 Å². The highest BCUT2D eigenvalue weighted by Gasteiger charge is 2.40. The van der Waals surface area contributed by atoms with Crippen LogP contribution in [0.2, 0.25) is 0 Å². The summed E-state index contributed by atoms with van der Waals surface area (Å²) in [4.78, 5) is 23.3. The summed E-state index contributed by atoms with van der Waals surface area (Å²) < 4.78 is 0. The smallest absolute Gasteiger partial charge is 0.310 e. The number of carboxylic acid groups (broad SMARTS) is 1. The van der Waals surface area contributed by atoms with Gasteiger partial charge in [-0.2, -0.15) is 0 Å². The van der Waals surface area contributed by atoms with Gasteiger partial charge in [0, 0.05) is 6.54 Å². The first-order valence-electron chi connectivity index (χ1n) is 6.61. The molecule has 0 saturated carbocycles. The number of carbonyl (C=O) groups excluding carboxylic acids is 1. The van der Waals surface area contributed by atoms with Crippen LogP contribution in [0.25, 0.3) is 0 Å². The third-order valence-electron chi connectivity index (χ3n) is 3.62. The Kier molecular flexibility index (Phi) is 4.73. The molecular formula is C13H24N2O3. The Morgan fingerprint density at radius 1 is 1.44 bits per heavy atom. The van der Waals surface area contributed by atoms with Crippen LogP contribution in [0.3, 0.4) is 0 Å². The van der Waals surface area contributed by atoms with E-state index in [1.807, 2.05) is 0 Å². The maximum atomic E-state index is 12.3. The number of hydrogen-bond donors (Lipinski definition) is 3. The van der Waals surface area contributed by atoms with E-state index in [0.29, 0.717) is 0 Å². The Morgan fingerprint density at radius 3 is 2.56 bits per heavy atom. The molecule has 0 aromatic heterocycles. The maximum Gasteiger partial charge on any atom is 0.310 e. The minimum atomic E-state index is -0.929. The Morgan fingerprint density at radius 2 is 2.11 bits per heavy atom. The summed E-state index contributed by atoms with van der Waals surface area (Å²) in [5, 5.41) is 15.1. The van der Waals surface area contributed by atoms with Crippen LogP contribution < -0.4 is 10.6 Å². The predicted octanol–water partition coefficient (Wildman–Crippen LogP) is 1.14. The SMILES string of the molecule is CCCC1(C(=O)NCC(C)(C)C(=O)O)CCCN1. The molecule has 1 rings (SSSR count). The van der Waals surface area contributed by atoms with Crippen LogP contribution >= 0.6 is 0 Å². The molecule has 0 radical (unpaired) electrons. The molecule has 1 fully saturated rings. The Labute approximate surface area is 108 Å². The number of hydrogen-bond acceptors (Lipinski definition) is 3.